The van der Waals surface area contributed by atoms with Crippen LogP contribution in [-0.4, -0.2) is 73.1 Å². The minimum atomic E-state index is 0.0384. The van der Waals surface area contributed by atoms with Crippen molar-refractivity contribution in [1.82, 2.24) is 20.0 Å². The van der Waals surface area contributed by atoms with Gasteiger partial charge in [0, 0.05) is 51.9 Å². The standard InChI is InChI=1S/C24H32N4O2/c1-26-15-17-27(18-16-26)21-11-13-28(14-12-21)24(29)25-19-20-7-9-23(10-8-20)30-22-5-3-2-4-6-22/h2-10,21H,11-19H2,1H3,(H,25,29). The molecule has 2 aliphatic rings. The number of para-hydroxylation sites is 1. The third-order valence-electron chi connectivity index (χ3n) is 6.15. The molecule has 2 aromatic rings. The van der Waals surface area contributed by atoms with Gasteiger partial charge in [0.15, 0.2) is 0 Å². The molecule has 0 saturated carbocycles. The van der Waals surface area contributed by atoms with Crippen LogP contribution >= 0.6 is 0 Å². The summed E-state index contributed by atoms with van der Waals surface area (Å²) in [6, 6.07) is 18.3. The van der Waals surface area contributed by atoms with E-state index < -0.39 is 0 Å². The van der Waals surface area contributed by atoms with Crippen LogP contribution in [0.1, 0.15) is 18.4 Å². The van der Waals surface area contributed by atoms with Crippen molar-refractivity contribution in [3.8, 4) is 11.5 Å². The Morgan fingerprint density at radius 2 is 1.53 bits per heavy atom. The monoisotopic (exact) mass is 408 g/mol. The van der Waals surface area contributed by atoms with Crippen molar-refractivity contribution in [2.75, 3.05) is 46.3 Å². The predicted molar refractivity (Wildman–Crippen MR) is 119 cm³/mol. The number of hydrogen-bond acceptors (Lipinski definition) is 4. The zero-order valence-electron chi connectivity index (χ0n) is 17.8. The Labute approximate surface area is 179 Å². The van der Waals surface area contributed by atoms with Gasteiger partial charge < -0.3 is 19.9 Å². The van der Waals surface area contributed by atoms with Gasteiger partial charge in [-0.25, -0.2) is 4.79 Å². The lowest BCUT2D eigenvalue weighted by Crippen LogP contribution is -2.53. The first-order valence-electron chi connectivity index (χ1n) is 10.9. The summed E-state index contributed by atoms with van der Waals surface area (Å²) < 4.78 is 5.82. The van der Waals surface area contributed by atoms with E-state index in [1.54, 1.807) is 0 Å². The third kappa shape index (κ3) is 5.52. The molecule has 2 aliphatic heterocycles. The van der Waals surface area contributed by atoms with Crippen LogP contribution in [0.3, 0.4) is 0 Å². The molecule has 160 valence electrons. The van der Waals surface area contributed by atoms with E-state index in [4.69, 9.17) is 4.74 Å². The molecular formula is C24H32N4O2. The summed E-state index contributed by atoms with van der Waals surface area (Å²) in [5.41, 5.74) is 1.07. The minimum absolute atomic E-state index is 0.0384. The van der Waals surface area contributed by atoms with Crippen molar-refractivity contribution in [3.05, 3.63) is 60.2 Å². The van der Waals surface area contributed by atoms with Crippen LogP contribution in [-0.2, 0) is 6.54 Å². The smallest absolute Gasteiger partial charge is 0.317 e. The zero-order valence-corrected chi connectivity index (χ0v) is 17.8. The summed E-state index contributed by atoms with van der Waals surface area (Å²) in [7, 11) is 2.19. The molecule has 4 rings (SSSR count). The van der Waals surface area contributed by atoms with E-state index in [1.807, 2.05) is 59.5 Å². The second-order valence-corrected chi connectivity index (χ2v) is 8.28. The number of piperazine rings is 1. The normalized spacial score (nSPS) is 18.9. The van der Waals surface area contributed by atoms with E-state index in [0.717, 1.165) is 69.2 Å². The van der Waals surface area contributed by atoms with E-state index in [-0.39, 0.29) is 6.03 Å². The Kier molecular flexibility index (Phi) is 6.87. The molecule has 0 spiro atoms. The zero-order chi connectivity index (χ0) is 20.8. The minimum Gasteiger partial charge on any atom is -0.457 e. The average molecular weight is 409 g/mol. The van der Waals surface area contributed by atoms with Gasteiger partial charge >= 0.3 is 6.03 Å². The van der Waals surface area contributed by atoms with E-state index in [1.165, 1.54) is 0 Å². The number of hydrogen-bond donors (Lipinski definition) is 1. The summed E-state index contributed by atoms with van der Waals surface area (Å²) in [4.78, 5) is 19.5. The van der Waals surface area contributed by atoms with Crippen molar-refractivity contribution < 1.29 is 9.53 Å². The van der Waals surface area contributed by atoms with Crippen LogP contribution < -0.4 is 10.1 Å². The number of rotatable bonds is 5. The molecule has 0 unspecified atom stereocenters. The van der Waals surface area contributed by atoms with E-state index >= 15 is 0 Å². The highest BCUT2D eigenvalue weighted by atomic mass is 16.5. The molecule has 30 heavy (non-hydrogen) atoms. The third-order valence-corrected chi connectivity index (χ3v) is 6.15. The number of ether oxygens (including phenoxy) is 1. The van der Waals surface area contributed by atoms with Crippen molar-refractivity contribution >= 4 is 6.03 Å². The maximum atomic E-state index is 12.6. The number of carbonyl (C=O) groups is 1. The van der Waals surface area contributed by atoms with Gasteiger partial charge in [-0.1, -0.05) is 30.3 Å². The molecule has 0 atom stereocenters. The molecule has 2 saturated heterocycles. The Bertz CT molecular complexity index is 796. The molecule has 0 aliphatic carbocycles. The highest BCUT2D eigenvalue weighted by Gasteiger charge is 2.28. The summed E-state index contributed by atoms with van der Waals surface area (Å²) in [6.07, 6.45) is 2.14. The molecule has 6 heteroatoms. The summed E-state index contributed by atoms with van der Waals surface area (Å²) in [5.74, 6) is 1.61. The maximum absolute atomic E-state index is 12.6. The molecule has 2 amide bonds. The quantitative estimate of drug-likeness (QED) is 0.824. The number of piperidine rings is 1. The molecule has 0 aromatic heterocycles. The van der Waals surface area contributed by atoms with Crippen molar-refractivity contribution in [2.24, 2.45) is 0 Å². The van der Waals surface area contributed by atoms with Crippen LogP contribution in [0.4, 0.5) is 4.79 Å². The number of amides is 2. The number of benzene rings is 2. The fraction of sp³-hybridized carbons (Fsp3) is 0.458. The Balaban J connectivity index is 1.19. The van der Waals surface area contributed by atoms with Crippen molar-refractivity contribution in [2.45, 2.75) is 25.4 Å². The fourth-order valence-electron chi connectivity index (χ4n) is 4.21. The number of likely N-dealkylation sites (tertiary alicyclic amines) is 1. The van der Waals surface area contributed by atoms with Crippen molar-refractivity contribution in [1.29, 1.82) is 0 Å². The van der Waals surface area contributed by atoms with Crippen LogP contribution in [0.25, 0.3) is 0 Å². The largest absolute Gasteiger partial charge is 0.457 e. The molecule has 6 nitrogen and oxygen atoms in total. The lowest BCUT2D eigenvalue weighted by molar-refractivity contribution is 0.0747. The van der Waals surface area contributed by atoms with E-state index in [9.17, 15) is 4.79 Å². The molecule has 1 N–H and O–H groups in total. The Morgan fingerprint density at radius 3 is 2.20 bits per heavy atom. The van der Waals surface area contributed by atoms with Gasteiger partial charge in [-0.15, -0.1) is 0 Å². The van der Waals surface area contributed by atoms with Crippen LogP contribution in [0.5, 0.6) is 11.5 Å². The number of nitrogens with one attached hydrogen (secondary N) is 1. The topological polar surface area (TPSA) is 48.0 Å². The van der Waals surface area contributed by atoms with Gasteiger partial charge in [0.2, 0.25) is 0 Å². The molecule has 0 bridgehead atoms. The van der Waals surface area contributed by atoms with E-state index in [0.29, 0.717) is 12.6 Å². The van der Waals surface area contributed by atoms with Gasteiger partial charge in [-0.05, 0) is 49.7 Å². The molecule has 0 radical (unpaired) electrons. The summed E-state index contributed by atoms with van der Waals surface area (Å²) in [6.45, 7) is 6.81. The van der Waals surface area contributed by atoms with Crippen LogP contribution in [0.2, 0.25) is 0 Å². The molecule has 2 fully saturated rings. The van der Waals surface area contributed by atoms with Gasteiger partial charge in [-0.2, -0.15) is 0 Å². The number of urea groups is 1. The average Bonchev–Trinajstić information content (AvgIpc) is 2.80. The number of carbonyl (C=O) groups excluding carboxylic acids is 1. The maximum Gasteiger partial charge on any atom is 0.317 e. The Hall–Kier alpha value is -2.57. The second kappa shape index (κ2) is 9.96. The first-order chi connectivity index (χ1) is 14.7. The van der Waals surface area contributed by atoms with E-state index in [2.05, 4.69) is 22.2 Å². The SMILES string of the molecule is CN1CCN(C2CCN(C(=O)NCc3ccc(Oc4ccccc4)cc3)CC2)CC1. The van der Waals surface area contributed by atoms with Gasteiger partial charge in [0.05, 0.1) is 0 Å². The van der Waals surface area contributed by atoms with Crippen LogP contribution in [0.15, 0.2) is 54.6 Å². The molecular weight excluding hydrogens is 376 g/mol. The fourth-order valence-corrected chi connectivity index (χ4v) is 4.21. The first kappa shape index (κ1) is 20.7. The van der Waals surface area contributed by atoms with Gasteiger partial charge in [0.1, 0.15) is 11.5 Å². The highest BCUT2D eigenvalue weighted by molar-refractivity contribution is 5.74. The Morgan fingerprint density at radius 1 is 0.900 bits per heavy atom. The lowest BCUT2D eigenvalue weighted by Gasteiger charge is -2.42. The lowest BCUT2D eigenvalue weighted by atomic mass is 10.0. The molecule has 2 heterocycles. The summed E-state index contributed by atoms with van der Waals surface area (Å²) in [5, 5.41) is 3.06. The van der Waals surface area contributed by atoms with Crippen molar-refractivity contribution in [3.63, 3.8) is 0 Å². The summed E-state index contributed by atoms with van der Waals surface area (Å²) >= 11 is 0. The van der Waals surface area contributed by atoms with Gasteiger partial charge in [-0.3, -0.25) is 4.90 Å². The molecule has 2 aromatic carbocycles. The van der Waals surface area contributed by atoms with Gasteiger partial charge in [0.25, 0.3) is 0 Å². The number of likely N-dealkylation sites (N-methyl/N-ethyl adjacent to an activating group) is 1. The second-order valence-electron chi connectivity index (χ2n) is 8.28. The van der Waals surface area contributed by atoms with Crippen LogP contribution in [0, 0.1) is 0 Å². The predicted octanol–water partition coefficient (Wildman–Crippen LogP) is 3.40. The number of nitrogens with zero attached hydrogens (tertiary/aromatic N) is 3. The first-order valence-corrected chi connectivity index (χ1v) is 10.9. The highest BCUT2D eigenvalue weighted by Crippen LogP contribution is 2.21.